The first kappa shape index (κ1) is 15.1. The summed E-state index contributed by atoms with van der Waals surface area (Å²) in [5.74, 6) is -1.40. The Morgan fingerprint density at radius 2 is 1.91 bits per heavy atom. The van der Waals surface area contributed by atoms with Crippen LogP contribution in [0, 0.1) is 0 Å². The van der Waals surface area contributed by atoms with E-state index in [1.165, 1.54) is 18.2 Å². The molecule has 2 N–H and O–H groups in total. The number of hydrogen-bond donors (Lipinski definition) is 2. The van der Waals surface area contributed by atoms with Crippen LogP contribution >= 0.6 is 11.6 Å². The lowest BCUT2D eigenvalue weighted by Gasteiger charge is -2.06. The zero-order valence-corrected chi connectivity index (χ0v) is 12.6. The third kappa shape index (κ3) is 3.05. The van der Waals surface area contributed by atoms with Gasteiger partial charge in [0.25, 0.3) is 0 Å². The van der Waals surface area contributed by atoms with Crippen molar-refractivity contribution in [2.45, 2.75) is 0 Å². The number of aromatic hydroxyl groups is 1. The fourth-order valence-corrected chi connectivity index (χ4v) is 2.43. The second-order valence-electron chi connectivity index (χ2n) is 4.91. The number of rotatable bonds is 4. The van der Waals surface area contributed by atoms with Gasteiger partial charge in [0, 0.05) is 27.7 Å². The maximum atomic E-state index is 12.2. The molecule has 116 valence electrons. The zero-order chi connectivity index (χ0) is 16.4. The number of benzene rings is 2. The highest BCUT2D eigenvalue weighted by Gasteiger charge is 2.17. The summed E-state index contributed by atoms with van der Waals surface area (Å²) in [6.45, 7) is -0.414. The first-order chi connectivity index (χ1) is 11.1. The molecule has 0 saturated carbocycles. The molecule has 0 aliphatic carbocycles. The number of ether oxygens (including phenoxy) is 1. The van der Waals surface area contributed by atoms with Gasteiger partial charge in [-0.05, 0) is 24.3 Å². The number of carbonyl (C=O) groups excluding carboxylic acids is 2. The smallest absolute Gasteiger partial charge is 0.342 e. The minimum Gasteiger partial charge on any atom is -0.507 e. The van der Waals surface area contributed by atoms with Gasteiger partial charge < -0.3 is 14.8 Å². The number of phenolic OH excluding ortho intramolecular Hbond substituents is 1. The van der Waals surface area contributed by atoms with Crippen LogP contribution in [0.5, 0.6) is 5.75 Å². The average molecular weight is 330 g/mol. The van der Waals surface area contributed by atoms with Gasteiger partial charge >= 0.3 is 5.97 Å². The van der Waals surface area contributed by atoms with Crippen LogP contribution in [-0.2, 0) is 4.74 Å². The van der Waals surface area contributed by atoms with Crippen molar-refractivity contribution < 1.29 is 19.4 Å². The number of fused-ring (bicyclic) bond motifs is 1. The van der Waals surface area contributed by atoms with Crippen molar-refractivity contribution in [1.29, 1.82) is 0 Å². The normalized spacial score (nSPS) is 10.7. The number of halogens is 1. The van der Waals surface area contributed by atoms with Gasteiger partial charge in [-0.2, -0.15) is 0 Å². The summed E-state index contributed by atoms with van der Waals surface area (Å²) in [6.07, 6.45) is 1.58. The maximum absolute atomic E-state index is 12.2. The predicted octanol–water partition coefficient (Wildman–Crippen LogP) is 3.57. The molecule has 0 fully saturated rings. The molecule has 0 saturated heterocycles. The van der Waals surface area contributed by atoms with E-state index in [9.17, 15) is 14.7 Å². The lowest BCUT2D eigenvalue weighted by molar-refractivity contribution is 0.0472. The number of hydrogen-bond acceptors (Lipinski definition) is 4. The molecular formula is C17H12ClNO4. The first-order valence-electron chi connectivity index (χ1n) is 6.81. The van der Waals surface area contributed by atoms with E-state index in [1.54, 1.807) is 6.20 Å². The van der Waals surface area contributed by atoms with E-state index in [4.69, 9.17) is 16.3 Å². The second kappa shape index (κ2) is 6.14. The van der Waals surface area contributed by atoms with Crippen molar-refractivity contribution in [3.05, 3.63) is 64.8 Å². The van der Waals surface area contributed by atoms with E-state index < -0.39 is 12.6 Å². The quantitative estimate of drug-likeness (QED) is 0.566. The van der Waals surface area contributed by atoms with Gasteiger partial charge in [-0.3, -0.25) is 4.79 Å². The van der Waals surface area contributed by atoms with Crippen LogP contribution < -0.4 is 0 Å². The van der Waals surface area contributed by atoms with Crippen LogP contribution in [0.4, 0.5) is 0 Å². The molecule has 0 amide bonds. The summed E-state index contributed by atoms with van der Waals surface area (Å²) in [6, 6.07) is 11.4. The minimum absolute atomic E-state index is 0.0406. The second-order valence-corrected chi connectivity index (χ2v) is 5.35. The van der Waals surface area contributed by atoms with Gasteiger partial charge in [0.15, 0.2) is 6.61 Å². The highest BCUT2D eigenvalue weighted by molar-refractivity contribution is 6.30. The Bertz CT molecular complexity index is 900. The zero-order valence-electron chi connectivity index (χ0n) is 11.9. The van der Waals surface area contributed by atoms with Crippen LogP contribution in [0.1, 0.15) is 20.7 Å². The fraction of sp³-hybridized carbons (Fsp3) is 0.0588. The molecule has 3 aromatic rings. The molecule has 0 aliphatic heterocycles. The fourth-order valence-electron chi connectivity index (χ4n) is 2.27. The molecule has 0 radical (unpaired) electrons. The van der Waals surface area contributed by atoms with Gasteiger partial charge in [0.1, 0.15) is 11.3 Å². The maximum Gasteiger partial charge on any atom is 0.342 e. The summed E-state index contributed by atoms with van der Waals surface area (Å²) < 4.78 is 4.98. The van der Waals surface area contributed by atoms with Crippen molar-refractivity contribution in [2.75, 3.05) is 6.61 Å². The Kier molecular flexibility index (Phi) is 4.04. The van der Waals surface area contributed by atoms with E-state index >= 15 is 0 Å². The van der Waals surface area contributed by atoms with Gasteiger partial charge in [-0.1, -0.05) is 29.8 Å². The molecule has 0 spiro atoms. The molecule has 3 rings (SSSR count). The van der Waals surface area contributed by atoms with E-state index in [1.807, 2.05) is 24.3 Å². The molecule has 0 aliphatic rings. The van der Waals surface area contributed by atoms with Crippen LogP contribution in [0.15, 0.2) is 48.7 Å². The molecule has 5 nitrogen and oxygen atoms in total. The summed E-state index contributed by atoms with van der Waals surface area (Å²) in [7, 11) is 0. The number of phenols is 1. The third-order valence-corrected chi connectivity index (χ3v) is 3.64. The third-order valence-electron chi connectivity index (χ3n) is 3.40. The number of aromatic nitrogens is 1. The van der Waals surface area contributed by atoms with Crippen molar-refractivity contribution in [3.63, 3.8) is 0 Å². The van der Waals surface area contributed by atoms with Gasteiger partial charge in [0.05, 0.1) is 0 Å². The highest BCUT2D eigenvalue weighted by Crippen LogP contribution is 2.23. The topological polar surface area (TPSA) is 79.4 Å². The molecule has 0 unspecified atom stereocenters. The number of nitrogens with one attached hydrogen (secondary N) is 1. The van der Waals surface area contributed by atoms with Crippen LogP contribution in [0.2, 0.25) is 5.02 Å². The SMILES string of the molecule is O=C(OCC(=O)c1c[nH]c2ccccc12)c1ccc(Cl)cc1O. The summed E-state index contributed by atoms with van der Waals surface area (Å²) in [4.78, 5) is 27.1. The Morgan fingerprint density at radius 3 is 2.70 bits per heavy atom. The number of carbonyl (C=O) groups is 2. The Balaban J connectivity index is 1.72. The molecular weight excluding hydrogens is 318 g/mol. The number of ketones is 1. The van der Waals surface area contributed by atoms with E-state index in [0.717, 1.165) is 10.9 Å². The number of Topliss-reactive ketones (excluding diaryl/α,β-unsaturated/α-hetero) is 1. The summed E-state index contributed by atoms with van der Waals surface area (Å²) in [5.41, 5.74) is 1.24. The van der Waals surface area contributed by atoms with Crippen molar-refractivity contribution >= 4 is 34.3 Å². The lowest BCUT2D eigenvalue weighted by Crippen LogP contribution is -2.14. The van der Waals surface area contributed by atoms with Crippen molar-refractivity contribution in [2.24, 2.45) is 0 Å². The molecule has 1 heterocycles. The minimum atomic E-state index is -0.785. The van der Waals surface area contributed by atoms with E-state index in [0.29, 0.717) is 10.6 Å². The highest BCUT2D eigenvalue weighted by atomic mass is 35.5. The van der Waals surface area contributed by atoms with Crippen molar-refractivity contribution in [3.8, 4) is 5.75 Å². The summed E-state index contributed by atoms with van der Waals surface area (Å²) >= 11 is 5.70. The molecule has 0 atom stereocenters. The summed E-state index contributed by atoms with van der Waals surface area (Å²) in [5, 5.41) is 10.7. The number of esters is 1. The van der Waals surface area contributed by atoms with Gasteiger partial charge in [0.2, 0.25) is 5.78 Å². The van der Waals surface area contributed by atoms with Gasteiger partial charge in [-0.15, -0.1) is 0 Å². The standard InChI is InChI=1S/C17H12ClNO4/c18-10-5-6-12(15(20)7-10)17(22)23-9-16(21)13-8-19-14-4-2-1-3-11(13)14/h1-8,19-20H,9H2. The lowest BCUT2D eigenvalue weighted by atomic mass is 10.1. The molecule has 0 bridgehead atoms. The first-order valence-corrected chi connectivity index (χ1v) is 7.19. The van der Waals surface area contributed by atoms with Crippen LogP contribution in [-0.4, -0.2) is 28.4 Å². The van der Waals surface area contributed by atoms with E-state index in [-0.39, 0.29) is 17.1 Å². The van der Waals surface area contributed by atoms with Crippen LogP contribution in [0.3, 0.4) is 0 Å². The largest absolute Gasteiger partial charge is 0.507 e. The molecule has 2 aromatic carbocycles. The molecule has 6 heteroatoms. The monoisotopic (exact) mass is 329 g/mol. The molecule has 1 aromatic heterocycles. The Labute approximate surface area is 136 Å². The van der Waals surface area contributed by atoms with Gasteiger partial charge in [-0.25, -0.2) is 4.79 Å². The Hall–Kier alpha value is -2.79. The Morgan fingerprint density at radius 1 is 1.13 bits per heavy atom. The average Bonchev–Trinajstić information content (AvgIpc) is 2.96. The predicted molar refractivity (Wildman–Crippen MR) is 86.0 cm³/mol. The number of H-pyrrole nitrogens is 1. The van der Waals surface area contributed by atoms with Crippen LogP contribution in [0.25, 0.3) is 10.9 Å². The number of para-hydroxylation sites is 1. The van der Waals surface area contributed by atoms with E-state index in [2.05, 4.69) is 4.98 Å². The number of aromatic amines is 1. The molecule has 23 heavy (non-hydrogen) atoms. The van der Waals surface area contributed by atoms with Crippen molar-refractivity contribution in [1.82, 2.24) is 4.98 Å².